The molecule has 180 valence electrons. The molecule has 1 saturated heterocycles. The highest BCUT2D eigenvalue weighted by Crippen LogP contribution is 2.27. The fraction of sp³-hybridized carbons (Fsp3) is 0.250. The van der Waals surface area contributed by atoms with E-state index in [1.807, 2.05) is 59.5 Å². The Balaban J connectivity index is 1.33. The Kier molecular flexibility index (Phi) is 7.77. The van der Waals surface area contributed by atoms with Crippen LogP contribution in [0.3, 0.4) is 0 Å². The molecule has 7 nitrogen and oxygen atoms in total. The van der Waals surface area contributed by atoms with Gasteiger partial charge in [-0.3, -0.25) is 9.59 Å². The molecule has 4 rings (SSSR count). The van der Waals surface area contributed by atoms with Crippen molar-refractivity contribution >= 4 is 18.3 Å². The summed E-state index contributed by atoms with van der Waals surface area (Å²) in [5, 5.41) is 11.9. The van der Waals surface area contributed by atoms with E-state index in [-0.39, 0.29) is 5.91 Å². The molecule has 35 heavy (non-hydrogen) atoms. The summed E-state index contributed by atoms with van der Waals surface area (Å²) in [6.45, 7) is 1.84. The van der Waals surface area contributed by atoms with E-state index in [9.17, 15) is 19.5 Å². The average molecular weight is 473 g/mol. The van der Waals surface area contributed by atoms with Crippen LogP contribution in [0.1, 0.15) is 50.7 Å². The van der Waals surface area contributed by atoms with Crippen LogP contribution in [0.2, 0.25) is 0 Å². The molecule has 7 heteroatoms. The Bertz CT molecular complexity index is 1160. The summed E-state index contributed by atoms with van der Waals surface area (Å²) in [6, 6.07) is 23.1. The zero-order chi connectivity index (χ0) is 24.6. The monoisotopic (exact) mass is 472 g/mol. The maximum absolute atomic E-state index is 12.7. The quantitative estimate of drug-likeness (QED) is 0.460. The van der Waals surface area contributed by atoms with Crippen LogP contribution in [-0.4, -0.2) is 48.0 Å². The van der Waals surface area contributed by atoms with Crippen molar-refractivity contribution in [3.8, 4) is 5.75 Å². The van der Waals surface area contributed by atoms with Gasteiger partial charge < -0.3 is 20.1 Å². The Morgan fingerprint density at radius 2 is 1.66 bits per heavy atom. The third-order valence-electron chi connectivity index (χ3n) is 6.27. The predicted octanol–water partition coefficient (Wildman–Crippen LogP) is 4.79. The van der Waals surface area contributed by atoms with E-state index in [1.54, 1.807) is 24.3 Å². The molecule has 0 aromatic heterocycles. The average Bonchev–Trinajstić information content (AvgIpc) is 2.91. The number of hydrogen-bond donors (Lipinski definition) is 2. The van der Waals surface area contributed by atoms with Gasteiger partial charge in [0.25, 0.3) is 5.91 Å². The van der Waals surface area contributed by atoms with E-state index in [0.717, 1.165) is 30.3 Å². The normalized spacial score (nSPS) is 14.7. The highest BCUT2D eigenvalue weighted by molar-refractivity contribution is 5.94. The highest BCUT2D eigenvalue weighted by Gasteiger charge is 2.24. The van der Waals surface area contributed by atoms with Crippen LogP contribution in [0.15, 0.2) is 78.9 Å². The molecule has 2 N–H and O–H groups in total. The lowest BCUT2D eigenvalue weighted by Crippen LogP contribution is -2.39. The smallest absolute Gasteiger partial charge is 0.405 e. The van der Waals surface area contributed by atoms with E-state index < -0.39 is 12.1 Å². The zero-order valence-corrected chi connectivity index (χ0v) is 19.3. The van der Waals surface area contributed by atoms with Crippen molar-refractivity contribution in [1.82, 2.24) is 10.2 Å². The Morgan fingerprint density at radius 1 is 0.971 bits per heavy atom. The minimum Gasteiger partial charge on any atom is -0.493 e. The summed E-state index contributed by atoms with van der Waals surface area (Å²) in [6.07, 6.45) is 1.35. The van der Waals surface area contributed by atoms with Crippen molar-refractivity contribution in [2.24, 2.45) is 5.92 Å². The van der Waals surface area contributed by atoms with Gasteiger partial charge in [0.15, 0.2) is 0 Å². The van der Waals surface area contributed by atoms with E-state index in [2.05, 4.69) is 5.32 Å². The first kappa shape index (κ1) is 24.0. The number of amides is 2. The summed E-state index contributed by atoms with van der Waals surface area (Å²) in [5.41, 5.74) is 2.79. The van der Waals surface area contributed by atoms with Crippen molar-refractivity contribution in [3.05, 3.63) is 101 Å². The van der Waals surface area contributed by atoms with Gasteiger partial charge in [-0.15, -0.1) is 0 Å². The van der Waals surface area contributed by atoms with E-state index >= 15 is 0 Å². The molecule has 1 aliphatic heterocycles. The van der Waals surface area contributed by atoms with Crippen molar-refractivity contribution in [1.29, 1.82) is 0 Å². The molecule has 0 saturated carbocycles. The first-order valence-electron chi connectivity index (χ1n) is 11.6. The highest BCUT2D eigenvalue weighted by atomic mass is 16.5. The van der Waals surface area contributed by atoms with Gasteiger partial charge in [-0.05, 0) is 54.2 Å². The number of aldehydes is 1. The number of nitrogens with one attached hydrogen (secondary N) is 1. The van der Waals surface area contributed by atoms with E-state index in [0.29, 0.717) is 42.5 Å². The second-order valence-electron chi connectivity index (χ2n) is 8.65. The Labute approximate surface area is 204 Å². The number of hydrogen-bond acceptors (Lipinski definition) is 4. The molecule has 2 amide bonds. The number of nitrogens with zero attached hydrogens (tertiary/aromatic N) is 1. The van der Waals surface area contributed by atoms with Gasteiger partial charge in [0, 0.05) is 24.2 Å². The van der Waals surface area contributed by atoms with Gasteiger partial charge in [0.1, 0.15) is 12.0 Å². The molecule has 0 unspecified atom stereocenters. The van der Waals surface area contributed by atoms with Gasteiger partial charge in [-0.25, -0.2) is 4.79 Å². The van der Waals surface area contributed by atoms with Crippen LogP contribution in [0.4, 0.5) is 4.79 Å². The molecular weight excluding hydrogens is 444 g/mol. The molecule has 3 aromatic carbocycles. The third-order valence-corrected chi connectivity index (χ3v) is 6.27. The second kappa shape index (κ2) is 11.3. The lowest BCUT2D eigenvalue weighted by molar-refractivity contribution is 0.0660. The summed E-state index contributed by atoms with van der Waals surface area (Å²) < 4.78 is 6.07. The molecule has 1 atom stereocenters. The van der Waals surface area contributed by atoms with Crippen LogP contribution >= 0.6 is 0 Å². The first-order chi connectivity index (χ1) is 17.0. The molecular formula is C28H28N2O5. The van der Waals surface area contributed by atoms with Gasteiger partial charge in [-0.1, -0.05) is 54.6 Å². The fourth-order valence-electron chi connectivity index (χ4n) is 4.32. The number of benzene rings is 3. The van der Waals surface area contributed by atoms with Crippen molar-refractivity contribution in [3.63, 3.8) is 0 Å². The van der Waals surface area contributed by atoms with Crippen molar-refractivity contribution in [2.45, 2.75) is 18.9 Å². The zero-order valence-electron chi connectivity index (χ0n) is 19.3. The largest absolute Gasteiger partial charge is 0.493 e. The lowest BCUT2D eigenvalue weighted by atomic mass is 9.97. The molecule has 1 fully saturated rings. The van der Waals surface area contributed by atoms with Gasteiger partial charge in [0.05, 0.1) is 12.6 Å². The third kappa shape index (κ3) is 6.26. The van der Waals surface area contributed by atoms with Crippen LogP contribution in [0.25, 0.3) is 0 Å². The van der Waals surface area contributed by atoms with Gasteiger partial charge in [-0.2, -0.15) is 0 Å². The second-order valence-corrected chi connectivity index (χ2v) is 8.65. The minimum absolute atomic E-state index is 0.0209. The fourth-order valence-corrected chi connectivity index (χ4v) is 4.32. The SMILES string of the molecule is O=Cc1ccc(C(=O)N2CCC(COc3cccc([C@@H](NC(=O)O)c4ccccc4)c3)CC2)cc1. The van der Waals surface area contributed by atoms with Crippen molar-refractivity contribution in [2.75, 3.05) is 19.7 Å². The van der Waals surface area contributed by atoms with Crippen LogP contribution < -0.4 is 10.1 Å². The maximum atomic E-state index is 12.7. The van der Waals surface area contributed by atoms with Crippen molar-refractivity contribution < 1.29 is 24.2 Å². The number of rotatable bonds is 8. The number of piperidine rings is 1. The lowest BCUT2D eigenvalue weighted by Gasteiger charge is -2.32. The van der Waals surface area contributed by atoms with Crippen LogP contribution in [-0.2, 0) is 0 Å². The number of carbonyl (C=O) groups is 3. The molecule has 1 aliphatic rings. The summed E-state index contributed by atoms with van der Waals surface area (Å²) >= 11 is 0. The van der Waals surface area contributed by atoms with Crippen LogP contribution in [0.5, 0.6) is 5.75 Å². The van der Waals surface area contributed by atoms with E-state index in [1.165, 1.54) is 0 Å². The maximum Gasteiger partial charge on any atom is 0.405 e. The molecule has 0 bridgehead atoms. The molecule has 0 spiro atoms. The standard InChI is InChI=1S/C28H28N2O5/c31-18-20-9-11-23(12-10-20)27(32)30-15-13-21(14-16-30)19-35-25-8-4-7-24(17-25)26(29-28(33)34)22-5-2-1-3-6-22/h1-12,17-18,21,26,29H,13-16,19H2,(H,33,34)/t26-/m0/s1. The number of carbonyl (C=O) groups excluding carboxylic acids is 2. The summed E-state index contributed by atoms with van der Waals surface area (Å²) in [7, 11) is 0. The molecule has 0 aliphatic carbocycles. The Hall–Kier alpha value is -4.13. The summed E-state index contributed by atoms with van der Waals surface area (Å²) in [4.78, 5) is 36.8. The molecule has 3 aromatic rings. The number of likely N-dealkylation sites (tertiary alicyclic amines) is 1. The predicted molar refractivity (Wildman–Crippen MR) is 132 cm³/mol. The number of carboxylic acid groups (broad SMARTS) is 1. The molecule has 1 heterocycles. The van der Waals surface area contributed by atoms with Crippen LogP contribution in [0, 0.1) is 5.92 Å². The number of ether oxygens (including phenoxy) is 1. The summed E-state index contributed by atoms with van der Waals surface area (Å²) in [5.74, 6) is 0.985. The Morgan fingerprint density at radius 3 is 2.31 bits per heavy atom. The van der Waals surface area contributed by atoms with Gasteiger partial charge >= 0.3 is 6.09 Å². The first-order valence-corrected chi connectivity index (χ1v) is 11.6. The topological polar surface area (TPSA) is 95.9 Å². The van der Waals surface area contributed by atoms with Gasteiger partial charge in [0.2, 0.25) is 0 Å². The molecule has 0 radical (unpaired) electrons. The minimum atomic E-state index is -1.09. The van der Waals surface area contributed by atoms with E-state index in [4.69, 9.17) is 4.74 Å².